The molecule has 2 aromatic heterocycles. The third kappa shape index (κ3) is 2.07. The van der Waals surface area contributed by atoms with Crippen LogP contribution in [0.1, 0.15) is 5.56 Å². The van der Waals surface area contributed by atoms with Crippen LogP contribution in [0.5, 0.6) is 0 Å². The van der Waals surface area contributed by atoms with Gasteiger partial charge in [-0.05, 0) is 24.3 Å². The third-order valence-corrected chi connectivity index (χ3v) is 2.90. The van der Waals surface area contributed by atoms with Crippen molar-refractivity contribution in [3.63, 3.8) is 0 Å². The molecule has 0 amide bonds. The number of hydrogen-bond donors (Lipinski definition) is 1. The van der Waals surface area contributed by atoms with E-state index in [1.54, 1.807) is 35.0 Å². The summed E-state index contributed by atoms with van der Waals surface area (Å²) < 4.78 is 39.0. The number of halogens is 3. The highest BCUT2D eigenvalue weighted by Crippen LogP contribution is 2.28. The first-order chi connectivity index (χ1) is 9.45. The summed E-state index contributed by atoms with van der Waals surface area (Å²) in [5.74, 6) is 0.178. The Morgan fingerprint density at radius 3 is 2.40 bits per heavy atom. The first-order valence-electron chi connectivity index (χ1n) is 5.71. The predicted molar refractivity (Wildman–Crippen MR) is 68.3 cm³/mol. The Kier molecular flexibility index (Phi) is 2.63. The highest BCUT2D eigenvalue weighted by Gasteiger charge is 2.31. The Hall–Kier alpha value is -2.57. The molecule has 1 aromatic carbocycles. The fraction of sp³-hybridized carbons (Fsp3) is 0.0769. The van der Waals surface area contributed by atoms with E-state index in [-0.39, 0.29) is 5.95 Å². The van der Waals surface area contributed by atoms with E-state index in [0.717, 1.165) is 23.3 Å². The molecule has 0 aliphatic carbocycles. The van der Waals surface area contributed by atoms with Gasteiger partial charge in [0.2, 0.25) is 5.95 Å². The highest BCUT2D eigenvalue weighted by molar-refractivity contribution is 5.84. The van der Waals surface area contributed by atoms with Crippen LogP contribution in [0.15, 0.2) is 42.9 Å². The minimum absolute atomic E-state index is 0.178. The molecular weight excluding hydrogens is 269 g/mol. The van der Waals surface area contributed by atoms with Crippen LogP contribution in [0.2, 0.25) is 0 Å². The summed E-state index contributed by atoms with van der Waals surface area (Å²) >= 11 is 0. The van der Waals surface area contributed by atoms with Crippen LogP contribution in [0.4, 0.5) is 18.9 Å². The third-order valence-electron chi connectivity index (χ3n) is 2.90. The van der Waals surface area contributed by atoms with Gasteiger partial charge in [0, 0.05) is 29.7 Å². The number of nitrogens with two attached hydrogens (primary N) is 1. The van der Waals surface area contributed by atoms with Crippen LogP contribution in [-0.4, -0.2) is 14.5 Å². The highest BCUT2D eigenvalue weighted by atomic mass is 19.4. The van der Waals surface area contributed by atoms with Gasteiger partial charge in [0.25, 0.3) is 0 Å². The average Bonchev–Trinajstić information content (AvgIpc) is 2.80. The number of alkyl halides is 3. The van der Waals surface area contributed by atoms with Crippen LogP contribution >= 0.6 is 0 Å². The number of rotatable bonds is 1. The smallest absolute Gasteiger partial charge is 0.399 e. The lowest BCUT2D eigenvalue weighted by molar-refractivity contribution is -0.138. The summed E-state index contributed by atoms with van der Waals surface area (Å²) in [5, 5.41) is 0.869. The van der Waals surface area contributed by atoms with Crippen molar-refractivity contribution in [1.82, 2.24) is 14.5 Å². The van der Waals surface area contributed by atoms with Gasteiger partial charge in [0.1, 0.15) is 0 Å². The number of hydrogen-bond acceptors (Lipinski definition) is 3. The van der Waals surface area contributed by atoms with E-state index in [4.69, 9.17) is 5.73 Å². The van der Waals surface area contributed by atoms with Gasteiger partial charge >= 0.3 is 6.18 Å². The average molecular weight is 278 g/mol. The van der Waals surface area contributed by atoms with Crippen molar-refractivity contribution in [2.45, 2.75) is 6.18 Å². The van der Waals surface area contributed by atoms with Crippen molar-refractivity contribution in [3.05, 3.63) is 48.4 Å². The second-order valence-corrected chi connectivity index (χ2v) is 4.27. The molecule has 0 saturated carbocycles. The SMILES string of the molecule is Nc1ccc2c(ccn2-c2ncc(C(F)(F)F)cn2)c1. The van der Waals surface area contributed by atoms with Gasteiger partial charge in [-0.15, -0.1) is 0 Å². The van der Waals surface area contributed by atoms with Crippen LogP contribution in [0.25, 0.3) is 16.9 Å². The largest absolute Gasteiger partial charge is 0.419 e. The minimum atomic E-state index is -4.44. The number of nitrogens with zero attached hydrogens (tertiary/aromatic N) is 3. The van der Waals surface area contributed by atoms with E-state index < -0.39 is 11.7 Å². The molecule has 20 heavy (non-hydrogen) atoms. The molecule has 0 fully saturated rings. The first-order valence-corrected chi connectivity index (χ1v) is 5.71. The summed E-state index contributed by atoms with van der Waals surface area (Å²) in [4.78, 5) is 7.52. The lowest BCUT2D eigenvalue weighted by Gasteiger charge is -2.07. The maximum atomic E-state index is 12.5. The van der Waals surface area contributed by atoms with Gasteiger partial charge in [0.05, 0.1) is 11.1 Å². The Bertz CT molecular complexity index is 759. The van der Waals surface area contributed by atoms with E-state index in [2.05, 4.69) is 9.97 Å². The minimum Gasteiger partial charge on any atom is -0.399 e. The quantitative estimate of drug-likeness (QED) is 0.696. The zero-order valence-electron chi connectivity index (χ0n) is 10.1. The Balaban J connectivity index is 2.07. The molecular formula is C13H9F3N4. The Labute approximate surface area is 111 Å². The van der Waals surface area contributed by atoms with Gasteiger partial charge in [-0.3, -0.25) is 4.57 Å². The van der Waals surface area contributed by atoms with Gasteiger partial charge in [0.15, 0.2) is 0 Å². The summed E-state index contributed by atoms with van der Waals surface area (Å²) in [6.07, 6.45) is -1.21. The molecule has 0 atom stereocenters. The van der Waals surface area contributed by atoms with Crippen LogP contribution in [-0.2, 0) is 6.18 Å². The van der Waals surface area contributed by atoms with Crippen molar-refractivity contribution < 1.29 is 13.2 Å². The van der Waals surface area contributed by atoms with Gasteiger partial charge < -0.3 is 5.73 Å². The maximum Gasteiger partial charge on any atom is 0.419 e. The summed E-state index contributed by atoms with van der Waals surface area (Å²) in [7, 11) is 0. The zero-order chi connectivity index (χ0) is 14.3. The van der Waals surface area contributed by atoms with E-state index in [9.17, 15) is 13.2 Å². The van der Waals surface area contributed by atoms with E-state index in [1.165, 1.54) is 0 Å². The molecule has 0 saturated heterocycles. The maximum absolute atomic E-state index is 12.5. The molecule has 3 aromatic rings. The van der Waals surface area contributed by atoms with Crippen molar-refractivity contribution in [2.24, 2.45) is 0 Å². The molecule has 7 heteroatoms. The Morgan fingerprint density at radius 1 is 1.05 bits per heavy atom. The summed E-state index contributed by atoms with van der Waals surface area (Å²) in [6.45, 7) is 0. The number of fused-ring (bicyclic) bond motifs is 1. The molecule has 0 bridgehead atoms. The normalized spacial score (nSPS) is 11.9. The molecule has 4 nitrogen and oxygen atoms in total. The van der Waals surface area contributed by atoms with Gasteiger partial charge in [-0.25, -0.2) is 9.97 Å². The second kappa shape index (κ2) is 4.22. The molecule has 0 aliphatic rings. The molecule has 0 spiro atoms. The molecule has 2 N–H and O–H groups in total. The molecule has 0 radical (unpaired) electrons. The predicted octanol–water partition coefficient (Wildman–Crippen LogP) is 3.02. The molecule has 3 rings (SSSR count). The van der Waals surface area contributed by atoms with Gasteiger partial charge in [-0.2, -0.15) is 13.2 Å². The van der Waals surface area contributed by atoms with Crippen LogP contribution in [0.3, 0.4) is 0 Å². The fourth-order valence-electron chi connectivity index (χ4n) is 1.93. The standard InChI is InChI=1S/C13H9F3N4/c14-13(15,16)9-6-18-12(19-7-9)20-4-3-8-5-10(17)1-2-11(8)20/h1-7H,17H2. The monoisotopic (exact) mass is 278 g/mol. The van der Waals surface area contributed by atoms with Gasteiger partial charge in [-0.1, -0.05) is 0 Å². The number of aromatic nitrogens is 3. The first kappa shape index (κ1) is 12.5. The lowest BCUT2D eigenvalue weighted by atomic mass is 10.2. The number of benzene rings is 1. The summed E-state index contributed by atoms with van der Waals surface area (Å²) in [6, 6.07) is 7.05. The number of nitrogen functional groups attached to an aromatic ring is 1. The van der Waals surface area contributed by atoms with E-state index in [1.807, 2.05) is 0 Å². The lowest BCUT2D eigenvalue weighted by Crippen LogP contribution is -2.08. The molecule has 0 unspecified atom stereocenters. The van der Waals surface area contributed by atoms with Crippen LogP contribution < -0.4 is 5.73 Å². The van der Waals surface area contributed by atoms with E-state index >= 15 is 0 Å². The Morgan fingerprint density at radius 2 is 1.75 bits per heavy atom. The number of anilines is 1. The summed E-state index contributed by atoms with van der Waals surface area (Å²) in [5.41, 5.74) is 6.19. The zero-order valence-corrected chi connectivity index (χ0v) is 10.1. The van der Waals surface area contributed by atoms with Crippen molar-refractivity contribution >= 4 is 16.6 Å². The van der Waals surface area contributed by atoms with Crippen molar-refractivity contribution in [1.29, 1.82) is 0 Å². The molecule has 0 aliphatic heterocycles. The van der Waals surface area contributed by atoms with Crippen molar-refractivity contribution in [2.75, 3.05) is 5.73 Å². The molecule has 102 valence electrons. The van der Waals surface area contributed by atoms with E-state index in [0.29, 0.717) is 5.69 Å². The second-order valence-electron chi connectivity index (χ2n) is 4.27. The molecule has 2 heterocycles. The van der Waals surface area contributed by atoms with Crippen LogP contribution in [0, 0.1) is 0 Å². The topological polar surface area (TPSA) is 56.7 Å². The van der Waals surface area contributed by atoms with Crippen molar-refractivity contribution in [3.8, 4) is 5.95 Å². The fourth-order valence-corrected chi connectivity index (χ4v) is 1.93.